The number of carbonyl (C=O) groups is 1. The largest absolute Gasteiger partial charge is 0.465 e. The number of pyridine rings is 1. The third-order valence-electron chi connectivity index (χ3n) is 1.56. The lowest BCUT2D eigenvalue weighted by Crippen LogP contribution is -2.08. The van der Waals surface area contributed by atoms with Crippen molar-refractivity contribution in [3.63, 3.8) is 0 Å². The molecule has 0 spiro atoms. The zero-order chi connectivity index (χ0) is 10.7. The molecule has 0 amide bonds. The zero-order valence-corrected chi connectivity index (χ0v) is 7.89. The summed E-state index contributed by atoms with van der Waals surface area (Å²) in [5.74, 6) is -0.918. The van der Waals surface area contributed by atoms with Crippen LogP contribution in [-0.4, -0.2) is 18.1 Å². The highest BCUT2D eigenvalue weighted by Gasteiger charge is 2.22. The fraction of sp³-hybridized carbons (Fsp3) is 0.250. The van der Waals surface area contributed by atoms with Crippen molar-refractivity contribution < 1.29 is 18.3 Å². The summed E-state index contributed by atoms with van der Waals surface area (Å²) in [5.41, 5.74) is -0.858. The van der Waals surface area contributed by atoms with Crippen LogP contribution in [0.4, 0.5) is 8.78 Å². The molecule has 14 heavy (non-hydrogen) atoms. The quantitative estimate of drug-likeness (QED) is 0.569. The fourth-order valence-corrected chi connectivity index (χ4v) is 1.18. The lowest BCUT2D eigenvalue weighted by atomic mass is 10.1. The van der Waals surface area contributed by atoms with Crippen molar-refractivity contribution in [2.24, 2.45) is 0 Å². The molecule has 3 nitrogen and oxygen atoms in total. The molecule has 1 aromatic rings. The molecule has 0 fully saturated rings. The van der Waals surface area contributed by atoms with Crippen molar-refractivity contribution in [2.45, 2.75) is 6.43 Å². The maximum absolute atomic E-state index is 12.4. The van der Waals surface area contributed by atoms with E-state index in [9.17, 15) is 13.6 Å². The highest BCUT2D eigenvalue weighted by atomic mass is 35.5. The summed E-state index contributed by atoms with van der Waals surface area (Å²) in [6.07, 6.45) is -1.68. The lowest BCUT2D eigenvalue weighted by molar-refractivity contribution is 0.0589. The molecule has 0 N–H and O–H groups in total. The van der Waals surface area contributed by atoms with Gasteiger partial charge in [-0.25, -0.2) is 18.6 Å². The van der Waals surface area contributed by atoms with E-state index >= 15 is 0 Å². The minimum atomic E-state index is -2.79. The van der Waals surface area contributed by atoms with E-state index in [0.29, 0.717) is 0 Å². The van der Waals surface area contributed by atoms with Crippen LogP contribution >= 0.6 is 11.6 Å². The molecular weight excluding hydrogens is 216 g/mol. The van der Waals surface area contributed by atoms with Crippen LogP contribution in [-0.2, 0) is 4.74 Å². The topological polar surface area (TPSA) is 39.2 Å². The van der Waals surface area contributed by atoms with Crippen LogP contribution in [0.3, 0.4) is 0 Å². The Labute approximate surface area is 83.7 Å². The molecule has 0 radical (unpaired) electrons. The van der Waals surface area contributed by atoms with Crippen LogP contribution in [0.2, 0.25) is 5.15 Å². The summed E-state index contributed by atoms with van der Waals surface area (Å²) >= 11 is 5.50. The summed E-state index contributed by atoms with van der Waals surface area (Å²) in [5, 5.41) is -0.283. The van der Waals surface area contributed by atoms with Crippen molar-refractivity contribution in [3.05, 3.63) is 28.5 Å². The van der Waals surface area contributed by atoms with Crippen molar-refractivity contribution in [2.75, 3.05) is 7.11 Å². The molecule has 0 unspecified atom stereocenters. The number of hydrogen-bond donors (Lipinski definition) is 0. The number of methoxy groups -OCH3 is 1. The van der Waals surface area contributed by atoms with Gasteiger partial charge >= 0.3 is 5.97 Å². The second-order valence-corrected chi connectivity index (χ2v) is 2.72. The molecule has 76 valence electrons. The van der Waals surface area contributed by atoms with Gasteiger partial charge in [0.2, 0.25) is 0 Å². The number of esters is 1. The van der Waals surface area contributed by atoms with Gasteiger partial charge in [-0.05, 0) is 6.07 Å². The molecule has 1 rings (SSSR count). The molecule has 6 heteroatoms. The van der Waals surface area contributed by atoms with Gasteiger partial charge in [0, 0.05) is 11.8 Å². The maximum atomic E-state index is 12.4. The first kappa shape index (κ1) is 10.8. The highest BCUT2D eigenvalue weighted by molar-refractivity contribution is 6.32. The van der Waals surface area contributed by atoms with E-state index in [2.05, 4.69) is 9.72 Å². The van der Waals surface area contributed by atoms with Crippen LogP contribution in [0, 0.1) is 0 Å². The predicted molar refractivity (Wildman–Crippen MR) is 45.5 cm³/mol. The second kappa shape index (κ2) is 4.32. The van der Waals surface area contributed by atoms with Gasteiger partial charge in [0.1, 0.15) is 10.7 Å². The molecule has 0 aliphatic heterocycles. The minimum Gasteiger partial charge on any atom is -0.465 e. The Balaban J connectivity index is 3.29. The molecule has 1 heterocycles. The summed E-state index contributed by atoms with van der Waals surface area (Å²) in [6, 6.07) is 1.03. The Morgan fingerprint density at radius 3 is 2.79 bits per heavy atom. The average molecular weight is 222 g/mol. The first-order valence-electron chi connectivity index (χ1n) is 3.58. The SMILES string of the molecule is COC(=O)c1c(C(F)F)ccnc1Cl. The van der Waals surface area contributed by atoms with Crippen LogP contribution in [0.1, 0.15) is 22.3 Å². The number of carbonyl (C=O) groups excluding carboxylic acids is 1. The van der Waals surface area contributed by atoms with Gasteiger partial charge < -0.3 is 4.74 Å². The van der Waals surface area contributed by atoms with E-state index in [1.165, 1.54) is 0 Å². The minimum absolute atomic E-state index is 0.283. The van der Waals surface area contributed by atoms with Gasteiger partial charge in [0.25, 0.3) is 6.43 Å². The smallest absolute Gasteiger partial charge is 0.341 e. The molecule has 0 aromatic carbocycles. The van der Waals surface area contributed by atoms with Gasteiger partial charge in [0.05, 0.1) is 7.11 Å². The zero-order valence-electron chi connectivity index (χ0n) is 7.13. The third-order valence-corrected chi connectivity index (χ3v) is 1.85. The standard InChI is InChI=1S/C8H6ClF2NO2/c1-14-8(13)5-4(7(10)11)2-3-12-6(5)9/h2-3,7H,1H3. The number of alkyl halides is 2. The molecule has 0 atom stereocenters. The molecular formula is C8H6ClF2NO2. The summed E-state index contributed by atoms with van der Waals surface area (Å²) in [6.45, 7) is 0. The monoisotopic (exact) mass is 221 g/mol. The Bertz CT molecular complexity index is 357. The van der Waals surface area contributed by atoms with Crippen LogP contribution in [0.5, 0.6) is 0 Å². The van der Waals surface area contributed by atoms with Gasteiger partial charge in [0.15, 0.2) is 0 Å². The molecule has 0 aliphatic carbocycles. The maximum Gasteiger partial charge on any atom is 0.341 e. The molecule has 0 bridgehead atoms. The first-order chi connectivity index (χ1) is 6.57. The highest BCUT2D eigenvalue weighted by Crippen LogP contribution is 2.27. The fourth-order valence-electron chi connectivity index (χ4n) is 0.936. The van der Waals surface area contributed by atoms with E-state index in [4.69, 9.17) is 11.6 Å². The van der Waals surface area contributed by atoms with E-state index in [-0.39, 0.29) is 10.7 Å². The average Bonchev–Trinajstić information content (AvgIpc) is 2.16. The van der Waals surface area contributed by atoms with Crippen molar-refractivity contribution in [1.29, 1.82) is 0 Å². The summed E-state index contributed by atoms with van der Waals surface area (Å²) < 4.78 is 29.1. The van der Waals surface area contributed by atoms with E-state index < -0.39 is 18.0 Å². The molecule has 0 aliphatic rings. The molecule has 0 saturated carbocycles. The Morgan fingerprint density at radius 2 is 2.29 bits per heavy atom. The number of halogens is 3. The predicted octanol–water partition coefficient (Wildman–Crippen LogP) is 2.46. The van der Waals surface area contributed by atoms with E-state index in [0.717, 1.165) is 19.4 Å². The van der Waals surface area contributed by atoms with Crippen LogP contribution in [0.15, 0.2) is 12.3 Å². The van der Waals surface area contributed by atoms with Crippen molar-refractivity contribution >= 4 is 17.6 Å². The Morgan fingerprint density at radius 1 is 1.64 bits per heavy atom. The third kappa shape index (κ3) is 1.98. The second-order valence-electron chi connectivity index (χ2n) is 2.36. The summed E-state index contributed by atoms with van der Waals surface area (Å²) in [7, 11) is 1.08. The molecule has 1 aromatic heterocycles. The van der Waals surface area contributed by atoms with Crippen molar-refractivity contribution in [1.82, 2.24) is 4.98 Å². The number of ether oxygens (including phenoxy) is 1. The van der Waals surface area contributed by atoms with Crippen molar-refractivity contribution in [3.8, 4) is 0 Å². The number of aromatic nitrogens is 1. The van der Waals surface area contributed by atoms with Crippen LogP contribution < -0.4 is 0 Å². The van der Waals surface area contributed by atoms with E-state index in [1.54, 1.807) is 0 Å². The van der Waals surface area contributed by atoms with Gasteiger partial charge in [-0.1, -0.05) is 11.6 Å². The molecule has 0 saturated heterocycles. The Hall–Kier alpha value is -1.23. The number of nitrogens with zero attached hydrogens (tertiary/aromatic N) is 1. The van der Waals surface area contributed by atoms with Gasteiger partial charge in [-0.2, -0.15) is 0 Å². The number of hydrogen-bond acceptors (Lipinski definition) is 3. The van der Waals surface area contributed by atoms with E-state index in [1.807, 2.05) is 0 Å². The Kier molecular flexibility index (Phi) is 3.35. The van der Waals surface area contributed by atoms with Crippen LogP contribution in [0.25, 0.3) is 0 Å². The first-order valence-corrected chi connectivity index (χ1v) is 3.96. The lowest BCUT2D eigenvalue weighted by Gasteiger charge is -2.07. The summed E-state index contributed by atoms with van der Waals surface area (Å²) in [4.78, 5) is 14.6. The van der Waals surface area contributed by atoms with Gasteiger partial charge in [-0.3, -0.25) is 0 Å². The number of rotatable bonds is 2. The normalized spacial score (nSPS) is 10.4. The van der Waals surface area contributed by atoms with Gasteiger partial charge in [-0.15, -0.1) is 0 Å².